The SMILES string of the molecule is C=Cc1nc(C)cc(C(=O)Nc2c(C)nn(Cc3ccc(C(F)(F)F)cc3)c2C)c1C=CC. The van der Waals surface area contributed by atoms with Crippen LogP contribution in [0.5, 0.6) is 0 Å². The largest absolute Gasteiger partial charge is 0.416 e. The van der Waals surface area contributed by atoms with Crippen LogP contribution >= 0.6 is 0 Å². The fourth-order valence-electron chi connectivity index (χ4n) is 3.58. The summed E-state index contributed by atoms with van der Waals surface area (Å²) < 4.78 is 40.1. The van der Waals surface area contributed by atoms with Gasteiger partial charge < -0.3 is 5.32 Å². The van der Waals surface area contributed by atoms with Crippen molar-refractivity contribution < 1.29 is 18.0 Å². The Morgan fingerprint density at radius 1 is 1.18 bits per heavy atom. The van der Waals surface area contributed by atoms with Crippen molar-refractivity contribution in [3.8, 4) is 0 Å². The van der Waals surface area contributed by atoms with E-state index in [0.717, 1.165) is 12.1 Å². The second-order valence-electron chi connectivity index (χ2n) is 7.67. The zero-order valence-corrected chi connectivity index (χ0v) is 18.9. The number of aryl methyl sites for hydroxylation is 2. The number of nitrogens with one attached hydrogen (secondary N) is 1. The minimum atomic E-state index is -4.38. The zero-order valence-electron chi connectivity index (χ0n) is 18.9. The third-order valence-electron chi connectivity index (χ3n) is 5.22. The highest BCUT2D eigenvalue weighted by atomic mass is 19.4. The van der Waals surface area contributed by atoms with Gasteiger partial charge in [0.05, 0.1) is 40.4 Å². The monoisotopic (exact) mass is 454 g/mol. The minimum Gasteiger partial charge on any atom is -0.319 e. The van der Waals surface area contributed by atoms with Crippen molar-refractivity contribution in [1.29, 1.82) is 0 Å². The van der Waals surface area contributed by atoms with Gasteiger partial charge in [-0.05, 0) is 57.5 Å². The predicted octanol–water partition coefficient (Wildman–Crippen LogP) is 6.20. The van der Waals surface area contributed by atoms with E-state index in [0.29, 0.717) is 45.2 Å². The lowest BCUT2D eigenvalue weighted by molar-refractivity contribution is -0.137. The predicted molar refractivity (Wildman–Crippen MR) is 124 cm³/mol. The molecule has 8 heteroatoms. The van der Waals surface area contributed by atoms with Gasteiger partial charge in [0, 0.05) is 11.3 Å². The number of hydrogen-bond acceptors (Lipinski definition) is 3. The molecule has 2 aromatic heterocycles. The highest BCUT2D eigenvalue weighted by Crippen LogP contribution is 2.29. The van der Waals surface area contributed by atoms with Crippen LogP contribution in [0.2, 0.25) is 0 Å². The van der Waals surface area contributed by atoms with E-state index < -0.39 is 11.7 Å². The topological polar surface area (TPSA) is 59.8 Å². The number of alkyl halides is 3. The van der Waals surface area contributed by atoms with Crippen LogP contribution in [-0.2, 0) is 12.7 Å². The van der Waals surface area contributed by atoms with Crippen molar-refractivity contribution in [2.24, 2.45) is 0 Å². The first kappa shape index (κ1) is 24.0. The smallest absolute Gasteiger partial charge is 0.319 e. The van der Waals surface area contributed by atoms with Gasteiger partial charge in [-0.1, -0.05) is 30.9 Å². The first-order valence-electron chi connectivity index (χ1n) is 10.3. The van der Waals surface area contributed by atoms with Gasteiger partial charge in [0.15, 0.2) is 0 Å². The van der Waals surface area contributed by atoms with Crippen molar-refractivity contribution >= 4 is 23.7 Å². The Morgan fingerprint density at radius 2 is 1.85 bits per heavy atom. The lowest BCUT2D eigenvalue weighted by Crippen LogP contribution is -2.16. The van der Waals surface area contributed by atoms with Crippen LogP contribution in [0, 0.1) is 20.8 Å². The molecule has 0 aliphatic heterocycles. The molecule has 33 heavy (non-hydrogen) atoms. The van der Waals surface area contributed by atoms with Gasteiger partial charge in [0.25, 0.3) is 5.91 Å². The van der Waals surface area contributed by atoms with Crippen LogP contribution < -0.4 is 5.32 Å². The van der Waals surface area contributed by atoms with E-state index >= 15 is 0 Å². The number of carbonyl (C=O) groups excluding carboxylic acids is 1. The fraction of sp³-hybridized carbons (Fsp3) is 0.240. The van der Waals surface area contributed by atoms with Crippen LogP contribution in [0.1, 0.15) is 56.7 Å². The van der Waals surface area contributed by atoms with Gasteiger partial charge in [0.1, 0.15) is 0 Å². The molecular weight excluding hydrogens is 429 g/mol. The van der Waals surface area contributed by atoms with E-state index in [4.69, 9.17) is 0 Å². The second-order valence-corrected chi connectivity index (χ2v) is 7.67. The Kier molecular flexibility index (Phi) is 6.86. The van der Waals surface area contributed by atoms with Crippen molar-refractivity contribution in [1.82, 2.24) is 14.8 Å². The summed E-state index contributed by atoms with van der Waals surface area (Å²) in [6.45, 7) is 11.3. The highest BCUT2D eigenvalue weighted by molar-refractivity contribution is 6.07. The van der Waals surface area contributed by atoms with Crippen LogP contribution in [0.4, 0.5) is 18.9 Å². The van der Waals surface area contributed by atoms with E-state index in [-0.39, 0.29) is 12.5 Å². The molecule has 0 unspecified atom stereocenters. The number of benzene rings is 1. The molecule has 0 aliphatic carbocycles. The standard InChI is InChI=1S/C25H25F3N4O/c1-6-8-20-21(13-15(3)29-22(20)7-2)24(33)30-23-16(4)31-32(17(23)5)14-18-9-11-19(12-10-18)25(26,27)28/h6-13H,2,14H2,1,3-5H3,(H,30,33). The molecule has 0 radical (unpaired) electrons. The normalized spacial score (nSPS) is 11.7. The molecule has 5 nitrogen and oxygen atoms in total. The maximum absolute atomic E-state index is 13.2. The molecule has 1 amide bonds. The van der Waals surface area contributed by atoms with Crippen LogP contribution in [0.3, 0.4) is 0 Å². The number of pyridine rings is 1. The van der Waals surface area contributed by atoms with E-state index in [1.54, 1.807) is 30.7 Å². The third-order valence-corrected chi connectivity index (χ3v) is 5.22. The number of anilines is 1. The molecule has 0 saturated carbocycles. The molecule has 3 rings (SSSR count). The average molecular weight is 454 g/mol. The number of aromatic nitrogens is 3. The molecule has 0 spiro atoms. The lowest BCUT2D eigenvalue weighted by Gasteiger charge is -2.12. The molecule has 1 N–H and O–H groups in total. The van der Waals surface area contributed by atoms with Crippen molar-refractivity contribution in [3.05, 3.63) is 88.0 Å². The summed E-state index contributed by atoms with van der Waals surface area (Å²) in [5.41, 5.74) is 4.27. The number of nitrogens with zero attached hydrogens (tertiary/aromatic N) is 3. The summed E-state index contributed by atoms with van der Waals surface area (Å²) in [5.74, 6) is -0.308. The van der Waals surface area contributed by atoms with Crippen molar-refractivity contribution in [2.45, 2.75) is 40.4 Å². The molecule has 0 bridgehead atoms. The Labute approximate surface area is 190 Å². The molecule has 0 saturated heterocycles. The number of hydrogen-bond donors (Lipinski definition) is 1. The summed E-state index contributed by atoms with van der Waals surface area (Å²) >= 11 is 0. The van der Waals surface area contributed by atoms with Crippen molar-refractivity contribution in [3.63, 3.8) is 0 Å². The van der Waals surface area contributed by atoms with Gasteiger partial charge >= 0.3 is 6.18 Å². The first-order chi connectivity index (χ1) is 15.5. The van der Waals surface area contributed by atoms with E-state index in [2.05, 4.69) is 22.0 Å². The number of rotatable bonds is 6. The van der Waals surface area contributed by atoms with Crippen LogP contribution in [0.15, 0.2) is 43.0 Å². The summed E-state index contributed by atoms with van der Waals surface area (Å²) in [7, 11) is 0. The van der Waals surface area contributed by atoms with Crippen molar-refractivity contribution in [2.75, 3.05) is 5.32 Å². The average Bonchev–Trinajstić information content (AvgIpc) is 3.01. The van der Waals surface area contributed by atoms with Gasteiger partial charge in [0.2, 0.25) is 0 Å². The Hall–Kier alpha value is -3.68. The quantitative estimate of drug-likeness (QED) is 0.483. The van der Waals surface area contributed by atoms with E-state index in [1.807, 2.05) is 26.0 Å². The molecule has 0 aliphatic rings. The summed E-state index contributed by atoms with van der Waals surface area (Å²) in [6, 6.07) is 6.68. The summed E-state index contributed by atoms with van der Waals surface area (Å²) in [4.78, 5) is 17.6. The van der Waals surface area contributed by atoms with Gasteiger partial charge in [-0.25, -0.2) is 0 Å². The Balaban J connectivity index is 1.89. The van der Waals surface area contributed by atoms with Gasteiger partial charge in [-0.3, -0.25) is 14.5 Å². The number of carbonyl (C=O) groups is 1. The minimum absolute atomic E-state index is 0.277. The molecule has 3 aromatic rings. The molecule has 2 heterocycles. The number of allylic oxidation sites excluding steroid dienone is 1. The van der Waals surface area contributed by atoms with Gasteiger partial charge in [-0.15, -0.1) is 0 Å². The second kappa shape index (κ2) is 9.44. The number of halogens is 3. The van der Waals surface area contributed by atoms with E-state index in [1.165, 1.54) is 12.1 Å². The maximum atomic E-state index is 13.2. The molecule has 0 atom stereocenters. The Bertz CT molecular complexity index is 1220. The van der Waals surface area contributed by atoms with E-state index in [9.17, 15) is 18.0 Å². The van der Waals surface area contributed by atoms with Crippen LogP contribution in [0.25, 0.3) is 12.2 Å². The Morgan fingerprint density at radius 3 is 2.42 bits per heavy atom. The third kappa shape index (κ3) is 5.22. The maximum Gasteiger partial charge on any atom is 0.416 e. The number of amides is 1. The fourth-order valence-corrected chi connectivity index (χ4v) is 3.58. The molecule has 172 valence electrons. The molecule has 0 fully saturated rings. The summed E-state index contributed by atoms with van der Waals surface area (Å²) in [5, 5.41) is 7.41. The lowest BCUT2D eigenvalue weighted by atomic mass is 10.0. The molecular formula is C25H25F3N4O. The van der Waals surface area contributed by atoms with Gasteiger partial charge in [-0.2, -0.15) is 18.3 Å². The zero-order chi connectivity index (χ0) is 24.3. The summed E-state index contributed by atoms with van der Waals surface area (Å²) in [6.07, 6.45) is 0.870. The van der Waals surface area contributed by atoms with Crippen LogP contribution in [-0.4, -0.2) is 20.7 Å². The highest BCUT2D eigenvalue weighted by Gasteiger charge is 2.30. The first-order valence-corrected chi connectivity index (χ1v) is 10.3. The molecule has 1 aromatic carbocycles.